The van der Waals surface area contributed by atoms with E-state index >= 15 is 0 Å². The van der Waals surface area contributed by atoms with E-state index in [1.165, 1.54) is 12.8 Å². The average Bonchev–Trinajstić information content (AvgIpc) is 3.15. The first-order chi connectivity index (χ1) is 12.5. The van der Waals surface area contributed by atoms with Crippen molar-refractivity contribution in [1.29, 1.82) is 0 Å². The summed E-state index contributed by atoms with van der Waals surface area (Å²) >= 11 is 0. The van der Waals surface area contributed by atoms with Gasteiger partial charge in [0.1, 0.15) is 12.3 Å². The van der Waals surface area contributed by atoms with Crippen molar-refractivity contribution in [2.45, 2.75) is 18.9 Å². The second-order valence-corrected chi connectivity index (χ2v) is 8.16. The monoisotopic (exact) mass is 361 g/mol. The third kappa shape index (κ3) is 3.23. The molecule has 3 aliphatic rings. The maximum absolute atomic E-state index is 12.9. The highest BCUT2D eigenvalue weighted by atomic mass is 16.5. The highest BCUT2D eigenvalue weighted by Crippen LogP contribution is 2.39. The summed E-state index contributed by atoms with van der Waals surface area (Å²) in [5.74, 6) is 0.728. The average molecular weight is 361 g/mol. The molecule has 2 saturated heterocycles. The van der Waals surface area contributed by atoms with Crippen molar-refractivity contribution in [3.63, 3.8) is 0 Å². The van der Waals surface area contributed by atoms with Gasteiger partial charge >= 0.3 is 0 Å². The van der Waals surface area contributed by atoms with E-state index in [1.807, 2.05) is 11.9 Å². The van der Waals surface area contributed by atoms with Crippen molar-refractivity contribution in [3.8, 4) is 0 Å². The van der Waals surface area contributed by atoms with Gasteiger partial charge < -0.3 is 19.4 Å². The molecule has 2 amide bonds. The number of H-pyrrole nitrogens is 1. The molecule has 0 aromatic carbocycles. The fourth-order valence-corrected chi connectivity index (χ4v) is 4.45. The summed E-state index contributed by atoms with van der Waals surface area (Å²) in [4.78, 5) is 31.0. The van der Waals surface area contributed by atoms with E-state index < -0.39 is 0 Å². The van der Waals surface area contributed by atoms with Gasteiger partial charge in [-0.2, -0.15) is 5.10 Å². The summed E-state index contributed by atoms with van der Waals surface area (Å²) in [6, 6.07) is 1.87. The van der Waals surface area contributed by atoms with Gasteiger partial charge in [0.05, 0.1) is 6.61 Å². The molecule has 1 aromatic rings. The number of hydrogen-bond donors (Lipinski definition) is 1. The number of nitrogens with one attached hydrogen (secondary N) is 1. The predicted molar refractivity (Wildman–Crippen MR) is 94.5 cm³/mol. The fraction of sp³-hybridized carbons (Fsp3) is 0.722. The highest BCUT2D eigenvalue weighted by Gasteiger charge is 2.52. The van der Waals surface area contributed by atoms with Crippen LogP contribution in [0.25, 0.3) is 0 Å². The Bertz CT molecular complexity index is 674. The number of aromatic amines is 1. The summed E-state index contributed by atoms with van der Waals surface area (Å²) in [5, 5.41) is 6.67. The SMILES string of the molecule is CN1C[C@]2(COCC1=O)CN(C(=O)c1ccn[nH]1)C[C@H]2N(C)CC1CC1. The minimum absolute atomic E-state index is 0.00353. The molecular formula is C18H27N5O3. The van der Waals surface area contributed by atoms with Crippen molar-refractivity contribution >= 4 is 11.8 Å². The molecule has 0 radical (unpaired) electrons. The van der Waals surface area contributed by atoms with Crippen LogP contribution in [0.15, 0.2) is 12.3 Å². The lowest BCUT2D eigenvalue weighted by molar-refractivity contribution is -0.132. The van der Waals surface area contributed by atoms with Crippen molar-refractivity contribution in [1.82, 2.24) is 24.9 Å². The van der Waals surface area contributed by atoms with E-state index in [2.05, 4.69) is 22.1 Å². The Balaban J connectivity index is 1.59. The lowest BCUT2D eigenvalue weighted by Gasteiger charge is -2.39. The van der Waals surface area contributed by atoms with Gasteiger partial charge in [-0.15, -0.1) is 0 Å². The van der Waals surface area contributed by atoms with Gasteiger partial charge in [0, 0.05) is 50.9 Å². The Morgan fingerprint density at radius 1 is 1.46 bits per heavy atom. The molecule has 8 nitrogen and oxygen atoms in total. The normalized spacial score (nSPS) is 29.7. The van der Waals surface area contributed by atoms with Crippen molar-refractivity contribution < 1.29 is 14.3 Å². The van der Waals surface area contributed by atoms with Crippen LogP contribution in [-0.4, -0.2) is 96.2 Å². The predicted octanol–water partition coefficient (Wildman–Crippen LogP) is 0.0509. The largest absolute Gasteiger partial charge is 0.371 e. The van der Waals surface area contributed by atoms with Crippen LogP contribution in [-0.2, 0) is 9.53 Å². The zero-order valence-corrected chi connectivity index (χ0v) is 15.5. The second kappa shape index (κ2) is 6.66. The van der Waals surface area contributed by atoms with Gasteiger partial charge in [0.2, 0.25) is 5.91 Å². The number of hydrogen-bond acceptors (Lipinski definition) is 5. The van der Waals surface area contributed by atoms with Crippen LogP contribution >= 0.6 is 0 Å². The van der Waals surface area contributed by atoms with Crippen molar-refractivity contribution in [2.75, 3.05) is 53.5 Å². The van der Waals surface area contributed by atoms with Crippen molar-refractivity contribution in [3.05, 3.63) is 18.0 Å². The molecule has 3 fully saturated rings. The Labute approximate surface area is 153 Å². The molecule has 1 spiro atoms. The summed E-state index contributed by atoms with van der Waals surface area (Å²) in [5.41, 5.74) is 0.241. The number of ether oxygens (including phenoxy) is 1. The number of rotatable bonds is 4. The van der Waals surface area contributed by atoms with E-state index in [-0.39, 0.29) is 29.9 Å². The number of amides is 2. The van der Waals surface area contributed by atoms with Crippen molar-refractivity contribution in [2.24, 2.45) is 11.3 Å². The molecular weight excluding hydrogens is 334 g/mol. The minimum Gasteiger partial charge on any atom is -0.371 e. The van der Waals surface area contributed by atoms with E-state index in [1.54, 1.807) is 17.2 Å². The van der Waals surface area contributed by atoms with Crippen LogP contribution < -0.4 is 0 Å². The number of aromatic nitrogens is 2. The van der Waals surface area contributed by atoms with Gasteiger partial charge in [-0.05, 0) is 31.9 Å². The molecule has 1 aliphatic carbocycles. The first-order valence-corrected chi connectivity index (χ1v) is 9.29. The molecule has 3 heterocycles. The van der Waals surface area contributed by atoms with Crippen LogP contribution in [0.4, 0.5) is 0 Å². The third-order valence-corrected chi connectivity index (χ3v) is 5.99. The summed E-state index contributed by atoms with van der Waals surface area (Å²) in [7, 11) is 3.97. The number of carbonyl (C=O) groups is 2. The van der Waals surface area contributed by atoms with E-state index in [4.69, 9.17) is 4.74 Å². The zero-order chi connectivity index (χ0) is 18.3. The minimum atomic E-state index is -0.264. The Kier molecular flexibility index (Phi) is 4.48. The summed E-state index contributed by atoms with van der Waals surface area (Å²) < 4.78 is 5.76. The van der Waals surface area contributed by atoms with Gasteiger partial charge in [-0.25, -0.2) is 0 Å². The zero-order valence-electron chi connectivity index (χ0n) is 15.5. The molecule has 1 aromatic heterocycles. The topological polar surface area (TPSA) is 81.8 Å². The number of carbonyl (C=O) groups excluding carboxylic acids is 2. The smallest absolute Gasteiger partial charge is 0.271 e. The Hall–Kier alpha value is -1.93. The lowest BCUT2D eigenvalue weighted by Crippen LogP contribution is -2.53. The first kappa shape index (κ1) is 17.5. The number of nitrogens with zero attached hydrogens (tertiary/aromatic N) is 4. The van der Waals surface area contributed by atoms with Crippen LogP contribution in [0.5, 0.6) is 0 Å². The van der Waals surface area contributed by atoms with Gasteiger partial charge in [0.15, 0.2) is 0 Å². The van der Waals surface area contributed by atoms with E-state index in [0.29, 0.717) is 31.9 Å². The summed E-state index contributed by atoms with van der Waals surface area (Å²) in [6.45, 7) is 3.49. The Morgan fingerprint density at radius 3 is 2.96 bits per heavy atom. The van der Waals surface area contributed by atoms with Crippen LogP contribution in [0.1, 0.15) is 23.3 Å². The molecule has 0 bridgehead atoms. The molecule has 2 atom stereocenters. The van der Waals surface area contributed by atoms with Crippen LogP contribution in [0.2, 0.25) is 0 Å². The lowest BCUT2D eigenvalue weighted by atomic mass is 9.82. The van der Waals surface area contributed by atoms with Gasteiger partial charge in [0.25, 0.3) is 5.91 Å². The third-order valence-electron chi connectivity index (χ3n) is 5.99. The molecule has 1 saturated carbocycles. The molecule has 8 heteroatoms. The first-order valence-electron chi connectivity index (χ1n) is 9.29. The second-order valence-electron chi connectivity index (χ2n) is 8.16. The standard InChI is InChI=1S/C18H27N5O3/c1-21(7-13-3-4-13)15-8-23(17(25)14-5-6-19-20-14)11-18(15)10-22(2)16(24)9-26-12-18/h5-6,13,15H,3-4,7-12H2,1-2H3,(H,19,20)/t15-,18-/m1/s1. The Morgan fingerprint density at radius 2 is 2.27 bits per heavy atom. The number of likely N-dealkylation sites (N-methyl/N-ethyl adjacent to an activating group) is 2. The van der Waals surface area contributed by atoms with E-state index in [9.17, 15) is 9.59 Å². The van der Waals surface area contributed by atoms with Crippen LogP contribution in [0, 0.1) is 11.3 Å². The molecule has 142 valence electrons. The van der Waals surface area contributed by atoms with E-state index in [0.717, 1.165) is 12.5 Å². The summed E-state index contributed by atoms with van der Waals surface area (Å²) in [6.07, 6.45) is 4.17. The maximum atomic E-state index is 12.9. The highest BCUT2D eigenvalue weighted by molar-refractivity contribution is 5.92. The molecule has 2 aliphatic heterocycles. The van der Waals surface area contributed by atoms with Crippen LogP contribution in [0.3, 0.4) is 0 Å². The quantitative estimate of drug-likeness (QED) is 0.820. The molecule has 26 heavy (non-hydrogen) atoms. The van der Waals surface area contributed by atoms with Gasteiger partial charge in [-0.3, -0.25) is 14.7 Å². The van der Waals surface area contributed by atoms with Gasteiger partial charge in [-0.1, -0.05) is 0 Å². The maximum Gasteiger partial charge on any atom is 0.271 e. The fourth-order valence-electron chi connectivity index (χ4n) is 4.45. The molecule has 1 N–H and O–H groups in total. The number of likely N-dealkylation sites (tertiary alicyclic amines) is 1. The molecule has 4 rings (SSSR count). The molecule has 0 unspecified atom stereocenters.